The minimum absolute atomic E-state index is 0.127. The maximum Gasteiger partial charge on any atom is 0.234 e. The van der Waals surface area contributed by atoms with Gasteiger partial charge >= 0.3 is 0 Å². The second-order valence-corrected chi connectivity index (χ2v) is 5.39. The Labute approximate surface area is 99.2 Å². The third-order valence-electron chi connectivity index (χ3n) is 3.83. The van der Waals surface area contributed by atoms with Crippen molar-refractivity contribution in [3.63, 3.8) is 0 Å². The molecule has 0 radical (unpaired) electrons. The van der Waals surface area contributed by atoms with Crippen molar-refractivity contribution in [2.45, 2.75) is 65.0 Å². The molecule has 1 aliphatic rings. The summed E-state index contributed by atoms with van der Waals surface area (Å²) < 4.78 is 0. The lowest BCUT2D eigenvalue weighted by Crippen LogP contribution is -2.50. The fourth-order valence-electron chi connectivity index (χ4n) is 2.66. The van der Waals surface area contributed by atoms with Crippen LogP contribution in [0.5, 0.6) is 0 Å². The number of primary amides is 1. The molecule has 0 spiro atoms. The van der Waals surface area contributed by atoms with E-state index in [2.05, 4.69) is 26.1 Å². The lowest BCUT2D eigenvalue weighted by Gasteiger charge is -2.33. The number of amides is 1. The molecule has 0 bridgehead atoms. The normalized spacial score (nSPS) is 29.7. The minimum atomic E-state index is -0.181. The maximum atomic E-state index is 11.5. The van der Waals surface area contributed by atoms with Crippen molar-refractivity contribution in [2.24, 2.45) is 17.6 Å². The molecular weight excluding hydrogens is 200 g/mol. The highest BCUT2D eigenvalue weighted by atomic mass is 16.1. The van der Waals surface area contributed by atoms with Gasteiger partial charge in [0.2, 0.25) is 5.91 Å². The van der Waals surface area contributed by atoms with Crippen LogP contribution in [0.3, 0.4) is 0 Å². The molecule has 16 heavy (non-hydrogen) atoms. The lowest BCUT2D eigenvalue weighted by atomic mass is 9.78. The van der Waals surface area contributed by atoms with E-state index >= 15 is 0 Å². The summed E-state index contributed by atoms with van der Waals surface area (Å²) in [6, 6.07) is 0.243. The van der Waals surface area contributed by atoms with E-state index in [1.807, 2.05) is 0 Å². The number of rotatable bonds is 5. The summed E-state index contributed by atoms with van der Waals surface area (Å²) in [4.78, 5) is 11.5. The van der Waals surface area contributed by atoms with Gasteiger partial charge in [0.15, 0.2) is 0 Å². The molecule has 3 nitrogen and oxygen atoms in total. The van der Waals surface area contributed by atoms with Gasteiger partial charge in [-0.1, -0.05) is 26.7 Å². The van der Waals surface area contributed by atoms with E-state index in [4.69, 9.17) is 5.73 Å². The monoisotopic (exact) mass is 226 g/mol. The highest BCUT2D eigenvalue weighted by Crippen LogP contribution is 2.30. The Morgan fingerprint density at radius 3 is 2.69 bits per heavy atom. The first-order valence-electron chi connectivity index (χ1n) is 6.60. The summed E-state index contributed by atoms with van der Waals surface area (Å²) in [5.41, 5.74) is 5.51. The Kier molecular flexibility index (Phi) is 5.26. The van der Waals surface area contributed by atoms with Crippen LogP contribution in [-0.2, 0) is 4.79 Å². The summed E-state index contributed by atoms with van der Waals surface area (Å²) in [6.45, 7) is 6.51. The van der Waals surface area contributed by atoms with Crippen molar-refractivity contribution in [1.82, 2.24) is 5.32 Å². The zero-order valence-corrected chi connectivity index (χ0v) is 10.8. The van der Waals surface area contributed by atoms with Crippen LogP contribution in [0.15, 0.2) is 0 Å². The smallest absolute Gasteiger partial charge is 0.234 e. The topological polar surface area (TPSA) is 55.1 Å². The molecule has 0 saturated heterocycles. The average Bonchev–Trinajstić information content (AvgIpc) is 2.25. The van der Waals surface area contributed by atoms with Crippen LogP contribution in [0, 0.1) is 11.8 Å². The maximum absolute atomic E-state index is 11.5. The van der Waals surface area contributed by atoms with Gasteiger partial charge in [0, 0.05) is 6.04 Å². The van der Waals surface area contributed by atoms with Crippen molar-refractivity contribution in [1.29, 1.82) is 0 Å². The fraction of sp³-hybridized carbons (Fsp3) is 0.923. The van der Waals surface area contributed by atoms with E-state index in [-0.39, 0.29) is 11.9 Å². The highest BCUT2D eigenvalue weighted by molar-refractivity contribution is 5.80. The molecule has 1 amide bonds. The predicted molar refractivity (Wildman–Crippen MR) is 67.0 cm³/mol. The molecule has 0 heterocycles. The molecular formula is C13H26N2O. The second-order valence-electron chi connectivity index (χ2n) is 5.39. The molecule has 0 aromatic heterocycles. The molecule has 1 aliphatic carbocycles. The molecule has 4 unspecified atom stereocenters. The average molecular weight is 226 g/mol. The molecule has 0 aromatic carbocycles. The largest absolute Gasteiger partial charge is 0.368 e. The minimum Gasteiger partial charge on any atom is -0.368 e. The van der Waals surface area contributed by atoms with Gasteiger partial charge in [0.05, 0.1) is 6.04 Å². The Hall–Kier alpha value is -0.570. The van der Waals surface area contributed by atoms with Crippen LogP contribution in [0.25, 0.3) is 0 Å². The number of carbonyl (C=O) groups is 1. The van der Waals surface area contributed by atoms with Gasteiger partial charge in [-0.2, -0.15) is 0 Å². The number of carbonyl (C=O) groups excluding carboxylic acids is 1. The molecule has 1 rings (SSSR count). The highest BCUT2D eigenvalue weighted by Gasteiger charge is 2.30. The van der Waals surface area contributed by atoms with Crippen molar-refractivity contribution in [3.8, 4) is 0 Å². The SMILES string of the molecule is CCC(C)NC(C(N)=O)C1CCCC(C)C1. The van der Waals surface area contributed by atoms with Crippen LogP contribution >= 0.6 is 0 Å². The molecule has 0 aromatic rings. The van der Waals surface area contributed by atoms with Gasteiger partial charge in [0.25, 0.3) is 0 Å². The van der Waals surface area contributed by atoms with Gasteiger partial charge in [-0.3, -0.25) is 4.79 Å². The first kappa shape index (κ1) is 13.5. The number of nitrogens with one attached hydrogen (secondary N) is 1. The van der Waals surface area contributed by atoms with Crippen molar-refractivity contribution in [2.75, 3.05) is 0 Å². The van der Waals surface area contributed by atoms with Crippen LogP contribution in [0.1, 0.15) is 52.9 Å². The summed E-state index contributed by atoms with van der Waals surface area (Å²) in [6.07, 6.45) is 5.84. The van der Waals surface area contributed by atoms with Crippen LogP contribution in [0.4, 0.5) is 0 Å². The zero-order valence-electron chi connectivity index (χ0n) is 10.8. The van der Waals surface area contributed by atoms with Gasteiger partial charge in [-0.05, 0) is 38.0 Å². The summed E-state index contributed by atoms with van der Waals surface area (Å²) in [5.74, 6) is 0.994. The zero-order chi connectivity index (χ0) is 12.1. The van der Waals surface area contributed by atoms with Crippen molar-refractivity contribution in [3.05, 3.63) is 0 Å². The molecule has 3 N–H and O–H groups in total. The third kappa shape index (κ3) is 3.78. The van der Waals surface area contributed by atoms with Crippen LogP contribution < -0.4 is 11.1 Å². The first-order chi connectivity index (χ1) is 7.54. The van der Waals surface area contributed by atoms with Gasteiger partial charge in [0.1, 0.15) is 0 Å². The van der Waals surface area contributed by atoms with E-state index in [0.29, 0.717) is 12.0 Å². The van der Waals surface area contributed by atoms with Gasteiger partial charge < -0.3 is 11.1 Å². The van der Waals surface area contributed by atoms with E-state index in [1.54, 1.807) is 0 Å². The molecule has 3 heteroatoms. The standard InChI is InChI=1S/C13H26N2O/c1-4-10(3)15-12(13(14)16)11-7-5-6-9(2)8-11/h9-12,15H,4-8H2,1-3H3,(H2,14,16). The van der Waals surface area contributed by atoms with Crippen molar-refractivity contribution >= 4 is 5.91 Å². The molecule has 1 saturated carbocycles. The van der Waals surface area contributed by atoms with E-state index in [1.165, 1.54) is 12.8 Å². The Bertz CT molecular complexity index is 230. The van der Waals surface area contributed by atoms with Gasteiger partial charge in [-0.15, -0.1) is 0 Å². The summed E-state index contributed by atoms with van der Waals surface area (Å²) in [7, 11) is 0. The second kappa shape index (κ2) is 6.24. The predicted octanol–water partition coefficient (Wildman–Crippen LogP) is 2.05. The summed E-state index contributed by atoms with van der Waals surface area (Å²) >= 11 is 0. The molecule has 0 aliphatic heterocycles. The van der Waals surface area contributed by atoms with E-state index in [9.17, 15) is 4.79 Å². The molecule has 4 atom stereocenters. The van der Waals surface area contributed by atoms with Crippen molar-refractivity contribution < 1.29 is 4.79 Å². The quantitative estimate of drug-likeness (QED) is 0.754. The number of nitrogens with two attached hydrogens (primary N) is 1. The Morgan fingerprint density at radius 1 is 1.50 bits per heavy atom. The van der Waals surface area contributed by atoms with E-state index < -0.39 is 0 Å². The number of hydrogen-bond donors (Lipinski definition) is 2. The Balaban J connectivity index is 2.58. The lowest BCUT2D eigenvalue weighted by molar-refractivity contribution is -0.122. The fourth-order valence-corrected chi connectivity index (χ4v) is 2.66. The van der Waals surface area contributed by atoms with Crippen LogP contribution in [0.2, 0.25) is 0 Å². The van der Waals surface area contributed by atoms with Gasteiger partial charge in [-0.25, -0.2) is 0 Å². The third-order valence-corrected chi connectivity index (χ3v) is 3.83. The Morgan fingerprint density at radius 2 is 2.19 bits per heavy atom. The molecule has 1 fully saturated rings. The van der Waals surface area contributed by atoms with Crippen LogP contribution in [-0.4, -0.2) is 18.0 Å². The van der Waals surface area contributed by atoms with E-state index in [0.717, 1.165) is 25.2 Å². The number of hydrogen-bond acceptors (Lipinski definition) is 2. The first-order valence-corrected chi connectivity index (χ1v) is 6.60. The summed E-state index contributed by atoms with van der Waals surface area (Å²) in [5, 5.41) is 3.38. The molecule has 94 valence electrons.